The minimum Gasteiger partial charge on any atom is -0.497 e. The summed E-state index contributed by atoms with van der Waals surface area (Å²) in [6.45, 7) is 7.03. The fraction of sp³-hybridized carbons (Fsp3) is 0.407. The molecule has 0 spiro atoms. The van der Waals surface area contributed by atoms with E-state index in [-0.39, 0.29) is 69.5 Å². The molecule has 3 aliphatic rings. The number of carbonyl (C=O) groups is 2. The maximum atomic E-state index is 15.2. The van der Waals surface area contributed by atoms with Gasteiger partial charge in [-0.05, 0) is 102 Å². The third-order valence-corrected chi connectivity index (χ3v) is 14.2. The van der Waals surface area contributed by atoms with Crippen molar-refractivity contribution in [3.8, 4) is 23.0 Å². The number of aliphatic hydroxyl groups excluding tert-OH is 2. The molecule has 5 aromatic rings. The number of allylic oxidation sites excluding steroid dienone is 1. The van der Waals surface area contributed by atoms with Crippen molar-refractivity contribution in [3.05, 3.63) is 150 Å². The van der Waals surface area contributed by atoms with Crippen LogP contribution in [-0.4, -0.2) is 98.7 Å². The molecule has 3 N–H and O–H groups in total. The van der Waals surface area contributed by atoms with Gasteiger partial charge in [0.25, 0.3) is 0 Å². The molecule has 1 saturated carbocycles. The number of hydrogen-bond acceptors (Lipinski definition) is 13. The molecule has 2 amide bonds. The number of carbonyl (C=O) groups excluding carboxylic acids is 2. The number of rotatable bonds is 25. The number of unbranched alkanes of at least 4 members (excludes halogenated alkanes) is 2. The molecule has 8 rings (SSSR count). The average molecular weight is 1010 g/mol. The third kappa shape index (κ3) is 12.2. The second kappa shape index (κ2) is 25.8. The van der Waals surface area contributed by atoms with Gasteiger partial charge >= 0.3 is 12.2 Å². The van der Waals surface area contributed by atoms with Crippen LogP contribution in [0.2, 0.25) is 0 Å². The minimum absolute atomic E-state index is 0.0181. The first-order chi connectivity index (χ1) is 36.2. The normalized spacial score (nSPS) is 21.1. The summed E-state index contributed by atoms with van der Waals surface area (Å²) >= 11 is 0. The predicted octanol–water partition coefficient (Wildman–Crippen LogP) is 11.0. The van der Waals surface area contributed by atoms with Crippen molar-refractivity contribution in [1.82, 2.24) is 4.90 Å². The summed E-state index contributed by atoms with van der Waals surface area (Å²) in [6.07, 6.45) is 6.96. The fourth-order valence-electron chi connectivity index (χ4n) is 10.9. The van der Waals surface area contributed by atoms with Gasteiger partial charge in [-0.1, -0.05) is 103 Å². The van der Waals surface area contributed by atoms with Gasteiger partial charge < -0.3 is 48.2 Å². The highest BCUT2D eigenvalue weighted by atomic mass is 16.7. The van der Waals surface area contributed by atoms with Crippen molar-refractivity contribution in [1.29, 1.82) is 0 Å². The maximum absolute atomic E-state index is 15.2. The van der Waals surface area contributed by atoms with Crippen LogP contribution in [0.25, 0.3) is 10.8 Å². The van der Waals surface area contributed by atoms with E-state index < -0.39 is 29.9 Å². The number of anilines is 1. The maximum Gasteiger partial charge on any atom is 0.417 e. The number of oxime groups is 1. The van der Waals surface area contributed by atoms with Gasteiger partial charge in [0, 0.05) is 37.2 Å². The summed E-state index contributed by atoms with van der Waals surface area (Å²) in [4.78, 5) is 36.6. The van der Waals surface area contributed by atoms with Crippen LogP contribution >= 0.6 is 0 Å². The fourth-order valence-corrected chi connectivity index (χ4v) is 10.9. The molecule has 6 atom stereocenters. The van der Waals surface area contributed by atoms with Crippen molar-refractivity contribution in [3.63, 3.8) is 0 Å². The minimum atomic E-state index is -1.58. The quantitative estimate of drug-likeness (QED) is 0.0287. The first-order valence-corrected chi connectivity index (χ1v) is 25.7. The van der Waals surface area contributed by atoms with Crippen molar-refractivity contribution >= 4 is 34.4 Å². The van der Waals surface area contributed by atoms with Gasteiger partial charge in [0.1, 0.15) is 42.3 Å². The Kier molecular flexibility index (Phi) is 18.6. The highest BCUT2D eigenvalue weighted by Gasteiger charge is 2.66. The Morgan fingerprint density at radius 2 is 1.65 bits per heavy atom. The van der Waals surface area contributed by atoms with Crippen molar-refractivity contribution in [2.45, 2.75) is 82.8 Å². The topological polar surface area (TPSA) is 176 Å². The lowest BCUT2D eigenvalue weighted by molar-refractivity contribution is -0.256. The lowest BCUT2D eigenvalue weighted by atomic mass is 9.55. The number of hydrogen-bond donors (Lipinski definition) is 3. The molecule has 2 aliphatic carbocycles. The van der Waals surface area contributed by atoms with Crippen LogP contribution in [0.5, 0.6) is 23.0 Å². The molecular weight excluding hydrogens is 943 g/mol. The number of fused-ring (bicyclic) bond motifs is 3. The van der Waals surface area contributed by atoms with Crippen molar-refractivity contribution in [2.24, 2.45) is 22.9 Å². The van der Waals surface area contributed by atoms with Crippen LogP contribution in [0.4, 0.5) is 15.3 Å². The first-order valence-electron chi connectivity index (χ1n) is 25.7. The summed E-state index contributed by atoms with van der Waals surface area (Å²) in [7, 11) is 3.05. The van der Waals surface area contributed by atoms with Crippen LogP contribution in [-0.2, 0) is 32.2 Å². The van der Waals surface area contributed by atoms with Gasteiger partial charge in [-0.15, -0.1) is 6.58 Å². The van der Waals surface area contributed by atoms with Crippen molar-refractivity contribution in [2.75, 3.05) is 59.2 Å². The molecule has 1 heterocycles. The second-order valence-electron chi connectivity index (χ2n) is 18.7. The highest BCUT2D eigenvalue weighted by molar-refractivity contribution is 6.03. The zero-order valence-corrected chi connectivity index (χ0v) is 42.6. The van der Waals surface area contributed by atoms with Gasteiger partial charge in [-0.3, -0.25) is 10.2 Å². The Balaban J connectivity index is 1.26. The lowest BCUT2D eigenvalue weighted by Crippen LogP contribution is -2.70. The summed E-state index contributed by atoms with van der Waals surface area (Å²) in [5.74, 6) is -0.972. The van der Waals surface area contributed by atoms with Gasteiger partial charge in [0.15, 0.2) is 0 Å². The predicted molar refractivity (Wildman–Crippen MR) is 283 cm³/mol. The zero-order valence-electron chi connectivity index (χ0n) is 42.6. The largest absolute Gasteiger partial charge is 0.497 e. The summed E-state index contributed by atoms with van der Waals surface area (Å²) in [6, 6.07) is 33.4. The van der Waals surface area contributed by atoms with Crippen LogP contribution in [0.1, 0.15) is 74.5 Å². The molecule has 15 nitrogen and oxygen atoms in total. The molecule has 0 saturated heterocycles. The van der Waals surface area contributed by atoms with E-state index in [0.29, 0.717) is 61.1 Å². The van der Waals surface area contributed by atoms with E-state index in [1.165, 1.54) is 7.11 Å². The van der Waals surface area contributed by atoms with Gasteiger partial charge in [0.2, 0.25) is 5.79 Å². The summed E-state index contributed by atoms with van der Waals surface area (Å²) < 4.78 is 43.8. The number of nitrogens with zero attached hydrogens (tertiary/aromatic N) is 2. The molecule has 392 valence electrons. The molecular formula is C59H69N3O12. The van der Waals surface area contributed by atoms with Crippen LogP contribution in [0, 0.1) is 17.8 Å². The van der Waals surface area contributed by atoms with Gasteiger partial charge in [-0.2, -0.15) is 0 Å². The Labute approximate surface area is 433 Å². The Hall–Kier alpha value is -6.91. The Bertz CT molecular complexity index is 2740. The van der Waals surface area contributed by atoms with E-state index in [1.54, 1.807) is 48.4 Å². The van der Waals surface area contributed by atoms with Crippen LogP contribution in [0.15, 0.2) is 139 Å². The van der Waals surface area contributed by atoms with Gasteiger partial charge in [0.05, 0.1) is 57.9 Å². The van der Waals surface area contributed by atoms with Gasteiger partial charge in [-0.25, -0.2) is 9.59 Å². The molecule has 5 aromatic carbocycles. The molecule has 0 aromatic heterocycles. The Morgan fingerprint density at radius 3 is 2.42 bits per heavy atom. The van der Waals surface area contributed by atoms with E-state index in [9.17, 15) is 15.0 Å². The van der Waals surface area contributed by atoms with Crippen molar-refractivity contribution < 1.29 is 57.8 Å². The first kappa shape index (κ1) is 53.4. The molecule has 6 unspecified atom stereocenters. The number of methoxy groups -OCH3 is 2. The van der Waals surface area contributed by atoms with E-state index in [1.807, 2.05) is 85.8 Å². The van der Waals surface area contributed by atoms with Crippen LogP contribution in [0.3, 0.4) is 0 Å². The summed E-state index contributed by atoms with van der Waals surface area (Å²) in [5, 5.41) is 29.8. The molecule has 0 radical (unpaired) electrons. The third-order valence-electron chi connectivity index (χ3n) is 14.2. The molecule has 0 bridgehead atoms. The standard InChI is InChI=1S/C59H69N3O12/c1-5-31-71-59-54(62(38-43-22-16-21-41-19-10-11-23-46(41)43)58(66)70-33-32-69-39-40-17-8-7-9-18-40)37-51(61-72-6-2)48-34-42(20-12-14-29-63)47(24-13-15-30-64)55(56(48)59)49-35-45(26-28-52(49)74-59)73-57(65)60-50-27-25-44(67-3)36-53(50)68-4/h5,7-11,16-19,21-23,25-28,34-36,42,47,54-56,63-64H,1,6,12-15,20,24,29-33,37-39H2,2-4H3,(H,60,65). The SMILES string of the molecule is C=CCOC12Oc3ccc(OC(=O)Nc4ccc(OC)cc4OC)cc3C3C(CCCCO)C(CCCCO)C=C(C(=NOCC)CC1N(Cc1cccc4ccccc14)C(=O)OCCOCc1ccccc1)C32. The van der Waals surface area contributed by atoms with Crippen LogP contribution < -0.4 is 24.3 Å². The average Bonchev–Trinajstić information content (AvgIpc) is 3.46. The number of aliphatic hydroxyl groups is 2. The molecule has 1 fully saturated rings. The smallest absolute Gasteiger partial charge is 0.417 e. The molecule has 15 heteroatoms. The lowest BCUT2D eigenvalue weighted by Gasteiger charge is -2.59. The van der Waals surface area contributed by atoms with E-state index in [4.69, 9.17) is 43.2 Å². The number of ether oxygens (including phenoxy) is 7. The zero-order chi connectivity index (χ0) is 51.9. The molecule has 74 heavy (non-hydrogen) atoms. The van der Waals surface area contributed by atoms with E-state index >= 15 is 4.79 Å². The Morgan fingerprint density at radius 1 is 0.878 bits per heavy atom. The van der Waals surface area contributed by atoms with E-state index in [0.717, 1.165) is 52.3 Å². The monoisotopic (exact) mass is 1010 g/mol. The number of nitrogens with one attached hydrogen (secondary N) is 1. The summed E-state index contributed by atoms with van der Waals surface area (Å²) in [5.41, 5.74) is 4.56. The number of amides is 2. The molecule has 1 aliphatic heterocycles. The second-order valence-corrected chi connectivity index (χ2v) is 18.7. The highest BCUT2D eigenvalue weighted by Crippen LogP contribution is 2.62. The number of benzene rings is 5. The van der Waals surface area contributed by atoms with E-state index in [2.05, 4.69) is 18.0 Å².